The summed E-state index contributed by atoms with van der Waals surface area (Å²) in [4.78, 5) is 18.7. The van der Waals surface area contributed by atoms with E-state index in [-0.39, 0.29) is 23.7 Å². The second-order valence-corrected chi connectivity index (χ2v) is 6.91. The molecule has 1 aromatic carbocycles. The van der Waals surface area contributed by atoms with E-state index in [1.165, 1.54) is 12.1 Å². The van der Waals surface area contributed by atoms with Gasteiger partial charge in [0, 0.05) is 37.3 Å². The number of nitrogens with zero attached hydrogens (tertiary/aromatic N) is 2. The molecular formula is C20H21FN2O3. The monoisotopic (exact) mass is 356 g/mol. The first-order valence-corrected chi connectivity index (χ1v) is 8.85. The number of halogens is 1. The maximum atomic E-state index is 13.4. The van der Waals surface area contributed by atoms with Gasteiger partial charge in [-0.1, -0.05) is 6.07 Å². The molecule has 2 heterocycles. The first kappa shape index (κ1) is 16.8. The van der Waals surface area contributed by atoms with Gasteiger partial charge in [0.1, 0.15) is 17.7 Å². The Bertz CT molecular complexity index is 796. The molecule has 26 heavy (non-hydrogen) atoms. The highest BCUT2D eigenvalue weighted by Gasteiger charge is 2.45. The maximum absolute atomic E-state index is 13.4. The average Bonchev–Trinajstić information content (AvgIpc) is 3.23. The number of amides is 1. The summed E-state index contributed by atoms with van der Waals surface area (Å²) in [5, 5.41) is 0. The Balaban J connectivity index is 1.42. The molecular weight excluding hydrogens is 335 g/mol. The van der Waals surface area contributed by atoms with Gasteiger partial charge in [0.05, 0.1) is 12.7 Å². The van der Waals surface area contributed by atoms with Crippen LogP contribution in [0.25, 0.3) is 0 Å². The third kappa shape index (κ3) is 3.23. The summed E-state index contributed by atoms with van der Waals surface area (Å²) < 4.78 is 24.4. The molecule has 0 radical (unpaired) electrons. The average molecular weight is 356 g/mol. The zero-order valence-corrected chi connectivity index (χ0v) is 14.6. The Hall–Kier alpha value is -2.63. The van der Waals surface area contributed by atoms with E-state index in [2.05, 4.69) is 4.98 Å². The number of rotatable bonds is 4. The quantitative estimate of drug-likeness (QED) is 0.844. The second kappa shape index (κ2) is 6.94. The fourth-order valence-electron chi connectivity index (χ4n) is 4.05. The van der Waals surface area contributed by atoms with Gasteiger partial charge < -0.3 is 14.4 Å². The third-order valence-electron chi connectivity index (χ3n) is 5.35. The topological polar surface area (TPSA) is 51.7 Å². The lowest BCUT2D eigenvalue weighted by atomic mass is 9.99. The van der Waals surface area contributed by atoms with Crippen molar-refractivity contribution < 1.29 is 18.7 Å². The number of carbonyl (C=O) groups excluding carboxylic acids is 1. The van der Waals surface area contributed by atoms with Gasteiger partial charge in [-0.3, -0.25) is 4.79 Å². The molecule has 3 atom stereocenters. The van der Waals surface area contributed by atoms with Crippen LogP contribution >= 0.6 is 0 Å². The van der Waals surface area contributed by atoms with Gasteiger partial charge in [-0.25, -0.2) is 9.37 Å². The van der Waals surface area contributed by atoms with Crippen molar-refractivity contribution in [2.24, 2.45) is 11.8 Å². The molecule has 1 aliphatic heterocycles. The molecule has 1 saturated heterocycles. The fraction of sp³-hybridized carbons (Fsp3) is 0.400. The largest absolute Gasteiger partial charge is 0.490 e. The number of pyridine rings is 1. The van der Waals surface area contributed by atoms with E-state index < -0.39 is 0 Å². The van der Waals surface area contributed by atoms with Crippen molar-refractivity contribution in [2.75, 3.05) is 20.2 Å². The predicted molar refractivity (Wildman–Crippen MR) is 93.7 cm³/mol. The molecule has 1 aliphatic carbocycles. The zero-order valence-electron chi connectivity index (χ0n) is 14.6. The van der Waals surface area contributed by atoms with Crippen molar-refractivity contribution in [1.29, 1.82) is 0 Å². The zero-order chi connectivity index (χ0) is 18.1. The molecule has 0 spiro atoms. The lowest BCUT2D eigenvalue weighted by Crippen LogP contribution is -2.32. The Morgan fingerprint density at radius 3 is 2.85 bits per heavy atom. The van der Waals surface area contributed by atoms with Crippen LogP contribution in [0.4, 0.5) is 4.39 Å². The molecule has 4 rings (SSSR count). The molecule has 1 saturated carbocycles. The minimum absolute atomic E-state index is 0.0148. The van der Waals surface area contributed by atoms with Gasteiger partial charge in [0.15, 0.2) is 0 Å². The molecule has 1 amide bonds. The van der Waals surface area contributed by atoms with E-state index in [1.54, 1.807) is 37.6 Å². The molecule has 0 unspecified atom stereocenters. The molecule has 2 aliphatic rings. The normalized spacial score (nSPS) is 24.4. The number of fused-ring (bicyclic) bond motifs is 1. The van der Waals surface area contributed by atoms with Gasteiger partial charge in [-0.15, -0.1) is 0 Å². The number of hydrogen-bond donors (Lipinski definition) is 0. The predicted octanol–water partition coefficient (Wildman–Crippen LogP) is 3.16. The van der Waals surface area contributed by atoms with Gasteiger partial charge in [-0.05, 0) is 37.0 Å². The van der Waals surface area contributed by atoms with Crippen LogP contribution in [-0.2, 0) is 0 Å². The molecule has 6 heteroatoms. The number of likely N-dealkylation sites (tertiary alicyclic amines) is 1. The lowest BCUT2D eigenvalue weighted by Gasteiger charge is -2.22. The van der Waals surface area contributed by atoms with Crippen molar-refractivity contribution in [3.63, 3.8) is 0 Å². The molecule has 5 nitrogen and oxygen atoms in total. The first-order valence-electron chi connectivity index (χ1n) is 8.85. The van der Waals surface area contributed by atoms with E-state index in [1.807, 2.05) is 4.90 Å². The number of benzene rings is 1. The molecule has 0 N–H and O–H groups in total. The molecule has 136 valence electrons. The van der Waals surface area contributed by atoms with Crippen LogP contribution in [0.5, 0.6) is 11.6 Å². The summed E-state index contributed by atoms with van der Waals surface area (Å²) in [5.74, 6) is 1.45. The second-order valence-electron chi connectivity index (χ2n) is 6.91. The highest BCUT2D eigenvalue weighted by molar-refractivity contribution is 5.94. The summed E-state index contributed by atoms with van der Waals surface area (Å²) in [5.41, 5.74) is 0.563. The third-order valence-corrected chi connectivity index (χ3v) is 5.35. The van der Waals surface area contributed by atoms with E-state index in [4.69, 9.17) is 9.47 Å². The van der Waals surface area contributed by atoms with E-state index >= 15 is 0 Å². The standard InChI is InChI=1S/C20H21FN2O3/c1-25-19-8-6-13(10-22-19)20(24)23-11-14-5-7-18(17(14)12-23)26-16-4-2-3-15(21)9-16/h2-4,6,8-10,14,17-18H,5,7,11-12H2,1H3/t14-,17+,18-/m0/s1. The maximum Gasteiger partial charge on any atom is 0.255 e. The Morgan fingerprint density at radius 1 is 1.23 bits per heavy atom. The Labute approximate surface area is 151 Å². The Kier molecular flexibility index (Phi) is 4.49. The summed E-state index contributed by atoms with van der Waals surface area (Å²) >= 11 is 0. The minimum Gasteiger partial charge on any atom is -0.490 e. The van der Waals surface area contributed by atoms with Crippen LogP contribution in [0, 0.1) is 17.7 Å². The number of methoxy groups -OCH3 is 1. The van der Waals surface area contributed by atoms with Crippen molar-refractivity contribution in [3.05, 3.63) is 54.0 Å². The highest BCUT2D eigenvalue weighted by atomic mass is 19.1. The van der Waals surface area contributed by atoms with Crippen LogP contribution in [0.15, 0.2) is 42.6 Å². The minimum atomic E-state index is -0.299. The summed E-state index contributed by atoms with van der Waals surface area (Å²) in [6, 6.07) is 9.68. The number of carbonyl (C=O) groups is 1. The van der Waals surface area contributed by atoms with Crippen LogP contribution in [0.2, 0.25) is 0 Å². The summed E-state index contributed by atoms with van der Waals surface area (Å²) in [7, 11) is 1.55. The Morgan fingerprint density at radius 2 is 2.12 bits per heavy atom. The lowest BCUT2D eigenvalue weighted by molar-refractivity contribution is 0.0762. The van der Waals surface area contributed by atoms with Crippen LogP contribution < -0.4 is 9.47 Å². The SMILES string of the molecule is COc1ccc(C(=O)N2C[C@@H]3CC[C@H](Oc4cccc(F)c4)[C@@H]3C2)cn1. The number of hydrogen-bond acceptors (Lipinski definition) is 4. The van der Waals surface area contributed by atoms with E-state index in [9.17, 15) is 9.18 Å². The van der Waals surface area contributed by atoms with Crippen molar-refractivity contribution in [2.45, 2.75) is 18.9 Å². The molecule has 2 fully saturated rings. The van der Waals surface area contributed by atoms with E-state index in [0.717, 1.165) is 19.4 Å². The summed E-state index contributed by atoms with van der Waals surface area (Å²) in [6.07, 6.45) is 3.54. The van der Waals surface area contributed by atoms with Gasteiger partial charge >= 0.3 is 0 Å². The molecule has 1 aromatic heterocycles. The summed E-state index contributed by atoms with van der Waals surface area (Å²) in [6.45, 7) is 1.40. The fourth-order valence-corrected chi connectivity index (χ4v) is 4.05. The van der Waals surface area contributed by atoms with E-state index in [0.29, 0.717) is 29.7 Å². The van der Waals surface area contributed by atoms with Crippen LogP contribution in [0.1, 0.15) is 23.2 Å². The van der Waals surface area contributed by atoms with Gasteiger partial charge in [0.2, 0.25) is 5.88 Å². The van der Waals surface area contributed by atoms with Gasteiger partial charge in [0.25, 0.3) is 5.91 Å². The van der Waals surface area contributed by atoms with Crippen molar-refractivity contribution >= 4 is 5.91 Å². The smallest absolute Gasteiger partial charge is 0.255 e. The molecule has 2 aromatic rings. The van der Waals surface area contributed by atoms with Crippen molar-refractivity contribution in [3.8, 4) is 11.6 Å². The van der Waals surface area contributed by atoms with Crippen molar-refractivity contribution in [1.82, 2.24) is 9.88 Å². The number of aromatic nitrogens is 1. The first-order chi connectivity index (χ1) is 12.6. The van der Waals surface area contributed by atoms with Crippen LogP contribution in [-0.4, -0.2) is 42.1 Å². The molecule has 0 bridgehead atoms. The number of ether oxygens (including phenoxy) is 2. The highest BCUT2D eigenvalue weighted by Crippen LogP contribution is 2.40. The van der Waals surface area contributed by atoms with Gasteiger partial charge in [-0.2, -0.15) is 0 Å². The van der Waals surface area contributed by atoms with Crippen LogP contribution in [0.3, 0.4) is 0 Å².